The number of halogens is 3. The zero-order chi connectivity index (χ0) is 18.1. The third kappa shape index (κ3) is 4.12. The number of esters is 1. The maximum atomic E-state index is 12.2. The number of aromatic amines is 1. The molecule has 2 rings (SSSR count). The smallest absolute Gasteiger partial charge is 0.390 e. The van der Waals surface area contributed by atoms with Crippen LogP contribution < -0.4 is 5.56 Å². The van der Waals surface area contributed by atoms with Gasteiger partial charge in [0, 0.05) is 6.54 Å². The predicted octanol–water partition coefficient (Wildman–Crippen LogP) is 2.46. The first-order valence-corrected chi connectivity index (χ1v) is 7.80. The number of carbonyl (C=O) groups is 1. The first-order chi connectivity index (χ1) is 11.1. The van der Waals surface area contributed by atoms with Gasteiger partial charge < -0.3 is 9.72 Å². The number of nitrogens with zero attached hydrogens (tertiary/aromatic N) is 2. The van der Waals surface area contributed by atoms with E-state index in [0.29, 0.717) is 15.8 Å². The lowest BCUT2D eigenvalue weighted by molar-refractivity contribution is -0.137. The first-order valence-electron chi connectivity index (χ1n) is 6.98. The van der Waals surface area contributed by atoms with Gasteiger partial charge >= 0.3 is 12.1 Å². The molecular formula is C14H16F3N3O3S. The Morgan fingerprint density at radius 3 is 2.67 bits per heavy atom. The lowest BCUT2D eigenvalue weighted by atomic mass is 10.2. The Hall–Kier alpha value is -1.94. The van der Waals surface area contributed by atoms with Crippen molar-refractivity contribution in [1.82, 2.24) is 14.9 Å². The van der Waals surface area contributed by atoms with Crippen LogP contribution in [0, 0.1) is 6.92 Å². The van der Waals surface area contributed by atoms with Crippen LogP contribution in [0.25, 0.3) is 10.2 Å². The van der Waals surface area contributed by atoms with Crippen molar-refractivity contribution in [3.63, 3.8) is 0 Å². The molecule has 0 atom stereocenters. The number of thiophene rings is 1. The molecule has 132 valence electrons. The number of fused-ring (bicyclic) bond motifs is 1. The summed E-state index contributed by atoms with van der Waals surface area (Å²) in [6.45, 7) is 1.48. The fourth-order valence-corrected chi connectivity index (χ4v) is 3.32. The Kier molecular flexibility index (Phi) is 5.29. The molecule has 0 aromatic carbocycles. The highest BCUT2D eigenvalue weighted by Crippen LogP contribution is 2.27. The van der Waals surface area contributed by atoms with Crippen LogP contribution in [0.1, 0.15) is 27.5 Å². The van der Waals surface area contributed by atoms with Gasteiger partial charge in [-0.2, -0.15) is 13.2 Å². The minimum atomic E-state index is -4.24. The number of methoxy groups -OCH3 is 1. The summed E-state index contributed by atoms with van der Waals surface area (Å²) in [7, 11) is 2.75. The first kappa shape index (κ1) is 18.4. The summed E-state index contributed by atoms with van der Waals surface area (Å²) in [6.07, 6.45) is -5.18. The SMILES string of the molecule is COC(=O)c1sc2nc(CN(C)CCC(F)(F)F)[nH]c(=O)c2c1C. The molecule has 10 heteroatoms. The minimum Gasteiger partial charge on any atom is -0.465 e. The summed E-state index contributed by atoms with van der Waals surface area (Å²) in [6, 6.07) is 0. The second-order valence-corrected chi connectivity index (χ2v) is 6.34. The Morgan fingerprint density at radius 1 is 1.42 bits per heavy atom. The van der Waals surface area contributed by atoms with Crippen molar-refractivity contribution in [2.75, 3.05) is 20.7 Å². The van der Waals surface area contributed by atoms with Crippen LogP contribution in [0.2, 0.25) is 0 Å². The molecular weight excluding hydrogens is 347 g/mol. The summed E-state index contributed by atoms with van der Waals surface area (Å²) < 4.78 is 41.4. The van der Waals surface area contributed by atoms with Crippen LogP contribution in [0.3, 0.4) is 0 Å². The molecule has 2 aromatic heterocycles. The summed E-state index contributed by atoms with van der Waals surface area (Å²) in [4.78, 5) is 32.8. The number of ether oxygens (including phenoxy) is 1. The van der Waals surface area contributed by atoms with Gasteiger partial charge in [0.15, 0.2) is 0 Å². The number of H-pyrrole nitrogens is 1. The van der Waals surface area contributed by atoms with E-state index in [4.69, 9.17) is 0 Å². The molecule has 6 nitrogen and oxygen atoms in total. The fourth-order valence-electron chi connectivity index (χ4n) is 2.20. The van der Waals surface area contributed by atoms with Crippen molar-refractivity contribution >= 4 is 27.5 Å². The van der Waals surface area contributed by atoms with Crippen LogP contribution in [0.4, 0.5) is 13.2 Å². The van der Waals surface area contributed by atoms with Gasteiger partial charge in [-0.05, 0) is 19.5 Å². The molecule has 0 unspecified atom stereocenters. The Morgan fingerprint density at radius 2 is 2.08 bits per heavy atom. The third-order valence-electron chi connectivity index (χ3n) is 3.42. The molecule has 2 heterocycles. The van der Waals surface area contributed by atoms with E-state index in [2.05, 4.69) is 14.7 Å². The molecule has 0 bridgehead atoms. The molecule has 0 saturated heterocycles. The normalized spacial score (nSPS) is 12.1. The molecule has 0 aliphatic rings. The van der Waals surface area contributed by atoms with Crippen molar-refractivity contribution in [3.05, 3.63) is 26.6 Å². The van der Waals surface area contributed by atoms with Gasteiger partial charge in [-0.3, -0.25) is 9.69 Å². The lowest BCUT2D eigenvalue weighted by Gasteiger charge is -2.16. The highest BCUT2D eigenvalue weighted by atomic mass is 32.1. The maximum absolute atomic E-state index is 12.2. The minimum absolute atomic E-state index is 0.0613. The monoisotopic (exact) mass is 363 g/mol. The van der Waals surface area contributed by atoms with Crippen LogP contribution >= 0.6 is 11.3 Å². The van der Waals surface area contributed by atoms with Gasteiger partial charge in [-0.25, -0.2) is 9.78 Å². The van der Waals surface area contributed by atoms with Crippen molar-refractivity contribution in [2.24, 2.45) is 0 Å². The van der Waals surface area contributed by atoms with E-state index in [0.717, 1.165) is 11.3 Å². The molecule has 0 aliphatic heterocycles. The van der Waals surface area contributed by atoms with Crippen LogP contribution in [0.5, 0.6) is 0 Å². The van der Waals surface area contributed by atoms with E-state index < -0.39 is 24.1 Å². The quantitative estimate of drug-likeness (QED) is 0.826. The summed E-state index contributed by atoms with van der Waals surface area (Å²) in [5, 5.41) is 0.294. The lowest BCUT2D eigenvalue weighted by Crippen LogP contribution is -2.26. The average molecular weight is 363 g/mol. The average Bonchev–Trinajstić information content (AvgIpc) is 2.81. The van der Waals surface area contributed by atoms with Gasteiger partial charge in [0.05, 0.1) is 25.5 Å². The van der Waals surface area contributed by atoms with E-state index in [9.17, 15) is 22.8 Å². The highest BCUT2D eigenvalue weighted by molar-refractivity contribution is 7.20. The third-order valence-corrected chi connectivity index (χ3v) is 4.58. The maximum Gasteiger partial charge on any atom is 0.390 e. The fraction of sp³-hybridized carbons (Fsp3) is 0.500. The number of aromatic nitrogens is 2. The zero-order valence-corrected chi connectivity index (χ0v) is 14.1. The number of rotatable bonds is 5. The number of alkyl halides is 3. The molecule has 0 saturated carbocycles. The Balaban J connectivity index is 2.27. The molecule has 0 aliphatic carbocycles. The topological polar surface area (TPSA) is 75.3 Å². The molecule has 0 radical (unpaired) electrons. The number of hydrogen-bond donors (Lipinski definition) is 1. The van der Waals surface area contributed by atoms with E-state index in [-0.39, 0.29) is 23.8 Å². The van der Waals surface area contributed by atoms with Crippen LogP contribution in [-0.4, -0.2) is 47.7 Å². The van der Waals surface area contributed by atoms with Gasteiger partial charge in [-0.1, -0.05) is 0 Å². The zero-order valence-electron chi connectivity index (χ0n) is 13.3. The summed E-state index contributed by atoms with van der Waals surface area (Å²) in [5.74, 6) is -0.311. The van der Waals surface area contributed by atoms with Crippen molar-refractivity contribution in [3.8, 4) is 0 Å². The van der Waals surface area contributed by atoms with Gasteiger partial charge in [0.2, 0.25) is 0 Å². The van der Waals surface area contributed by atoms with E-state index in [1.807, 2.05) is 0 Å². The Labute approximate surface area is 139 Å². The molecule has 0 amide bonds. The number of aryl methyl sites for hydroxylation is 1. The molecule has 0 fully saturated rings. The predicted molar refractivity (Wildman–Crippen MR) is 83.3 cm³/mol. The molecule has 24 heavy (non-hydrogen) atoms. The Bertz CT molecular complexity index is 813. The standard InChI is InChI=1S/C14H16F3N3O3S/c1-7-9-11(21)18-8(6-20(2)5-4-14(15,16)17)19-12(9)24-10(7)13(22)23-3/h4-6H2,1-3H3,(H,18,19,21). The van der Waals surface area contributed by atoms with Gasteiger partial charge in [-0.15, -0.1) is 11.3 Å². The van der Waals surface area contributed by atoms with Crippen LogP contribution in [0.15, 0.2) is 4.79 Å². The van der Waals surface area contributed by atoms with E-state index in [1.165, 1.54) is 19.1 Å². The van der Waals surface area contributed by atoms with Gasteiger partial charge in [0.1, 0.15) is 15.5 Å². The van der Waals surface area contributed by atoms with Gasteiger partial charge in [0.25, 0.3) is 5.56 Å². The summed E-state index contributed by atoms with van der Waals surface area (Å²) in [5.41, 5.74) is 0.0516. The number of carbonyl (C=O) groups excluding carboxylic acids is 1. The second-order valence-electron chi connectivity index (χ2n) is 5.34. The van der Waals surface area contributed by atoms with E-state index >= 15 is 0 Å². The molecule has 2 aromatic rings. The van der Waals surface area contributed by atoms with Crippen molar-refractivity contribution in [2.45, 2.75) is 26.1 Å². The summed E-state index contributed by atoms with van der Waals surface area (Å²) >= 11 is 1.03. The van der Waals surface area contributed by atoms with Crippen molar-refractivity contribution in [1.29, 1.82) is 0 Å². The van der Waals surface area contributed by atoms with Crippen molar-refractivity contribution < 1.29 is 22.7 Å². The second kappa shape index (κ2) is 6.89. The van der Waals surface area contributed by atoms with E-state index in [1.54, 1.807) is 6.92 Å². The number of hydrogen-bond acceptors (Lipinski definition) is 6. The van der Waals surface area contributed by atoms with Crippen LogP contribution in [-0.2, 0) is 11.3 Å². The number of nitrogens with one attached hydrogen (secondary N) is 1. The largest absolute Gasteiger partial charge is 0.465 e. The highest BCUT2D eigenvalue weighted by Gasteiger charge is 2.27. The molecule has 1 N–H and O–H groups in total. The molecule has 0 spiro atoms.